The minimum Gasteiger partial charge on any atom is -0.481 e. The number of hydrogen-bond donors (Lipinski definition) is 2. The number of carboxylic acid groups (broad SMARTS) is 1. The Labute approximate surface area is 136 Å². The fourth-order valence-corrected chi connectivity index (χ4v) is 3.87. The normalized spacial score (nSPS) is 28.8. The Morgan fingerprint density at radius 2 is 1.61 bits per heavy atom. The van der Waals surface area contributed by atoms with Gasteiger partial charge in [0.05, 0.1) is 11.8 Å². The first kappa shape index (κ1) is 15.8. The molecule has 3 aliphatic rings. The Morgan fingerprint density at radius 1 is 1.04 bits per heavy atom. The molecule has 0 aliphatic heterocycles. The highest BCUT2D eigenvalue weighted by molar-refractivity contribution is 5.96. The zero-order valence-corrected chi connectivity index (χ0v) is 13.5. The molecule has 4 heteroatoms. The summed E-state index contributed by atoms with van der Waals surface area (Å²) in [5.74, 6) is -1.65. The second-order valence-corrected chi connectivity index (χ2v) is 6.95. The van der Waals surface area contributed by atoms with Crippen molar-refractivity contribution in [2.45, 2.75) is 32.6 Å². The molecule has 4 atom stereocenters. The van der Waals surface area contributed by atoms with Gasteiger partial charge in [0.15, 0.2) is 0 Å². The molecule has 0 heterocycles. The van der Waals surface area contributed by atoms with Crippen molar-refractivity contribution in [3.63, 3.8) is 0 Å². The summed E-state index contributed by atoms with van der Waals surface area (Å²) < 4.78 is 0. The van der Waals surface area contributed by atoms with Crippen LogP contribution in [0.25, 0.3) is 0 Å². The van der Waals surface area contributed by atoms with Crippen LogP contribution in [0.1, 0.15) is 38.2 Å². The van der Waals surface area contributed by atoms with Gasteiger partial charge >= 0.3 is 5.97 Å². The Bertz CT molecular complexity index is 633. The molecule has 0 aromatic heterocycles. The van der Waals surface area contributed by atoms with E-state index in [1.165, 1.54) is 5.56 Å². The van der Waals surface area contributed by atoms with Gasteiger partial charge in [-0.05, 0) is 48.3 Å². The van der Waals surface area contributed by atoms with Gasteiger partial charge in [0, 0.05) is 5.69 Å². The lowest BCUT2D eigenvalue weighted by atomic mass is 9.62. The maximum Gasteiger partial charge on any atom is 0.307 e. The average Bonchev–Trinajstić information content (AvgIpc) is 2.55. The Balaban J connectivity index is 1.76. The molecular weight excluding hydrogens is 290 g/mol. The molecule has 122 valence electrons. The van der Waals surface area contributed by atoms with Crippen LogP contribution in [0.15, 0.2) is 36.4 Å². The molecule has 1 aromatic rings. The zero-order chi connectivity index (χ0) is 16.6. The van der Waals surface area contributed by atoms with E-state index in [9.17, 15) is 14.7 Å². The first-order valence-corrected chi connectivity index (χ1v) is 8.29. The van der Waals surface area contributed by atoms with Gasteiger partial charge in [-0.1, -0.05) is 38.1 Å². The van der Waals surface area contributed by atoms with E-state index >= 15 is 0 Å². The predicted octanol–water partition coefficient (Wildman–Crippen LogP) is 3.66. The monoisotopic (exact) mass is 313 g/mol. The molecule has 0 radical (unpaired) electrons. The van der Waals surface area contributed by atoms with Crippen LogP contribution in [-0.4, -0.2) is 17.0 Å². The molecule has 23 heavy (non-hydrogen) atoms. The fraction of sp³-hybridized carbons (Fsp3) is 0.474. The summed E-state index contributed by atoms with van der Waals surface area (Å²) in [5.41, 5.74) is 1.94. The van der Waals surface area contributed by atoms with Gasteiger partial charge in [0.2, 0.25) is 5.91 Å². The molecule has 1 saturated carbocycles. The van der Waals surface area contributed by atoms with Gasteiger partial charge in [-0.3, -0.25) is 9.59 Å². The Kier molecular flexibility index (Phi) is 4.24. The molecule has 2 N–H and O–H groups in total. The van der Waals surface area contributed by atoms with E-state index in [-0.39, 0.29) is 17.7 Å². The van der Waals surface area contributed by atoms with Crippen LogP contribution >= 0.6 is 0 Å². The van der Waals surface area contributed by atoms with Crippen LogP contribution in [0.5, 0.6) is 0 Å². The standard InChI is InChI=1S/C19H23NO3/c1-11(2)12-7-9-15(10-8-12)20-18(21)16-13-3-5-14(6-4-13)17(16)19(22)23/h3,5,7-11,13-14,16-17H,4,6H2,1-2H3,(H,20,21)(H,22,23)/t13-,14-,16+,17+/m1/s1. The lowest BCUT2D eigenvalue weighted by Crippen LogP contribution is -2.47. The summed E-state index contributed by atoms with van der Waals surface area (Å²) in [6.45, 7) is 4.24. The van der Waals surface area contributed by atoms with Crippen LogP contribution in [0.3, 0.4) is 0 Å². The van der Waals surface area contributed by atoms with Gasteiger partial charge in [0.1, 0.15) is 0 Å². The van der Waals surface area contributed by atoms with E-state index in [0.29, 0.717) is 5.92 Å². The quantitative estimate of drug-likeness (QED) is 0.834. The number of allylic oxidation sites excluding steroid dienone is 2. The van der Waals surface area contributed by atoms with Crippen LogP contribution in [-0.2, 0) is 9.59 Å². The third-order valence-electron chi connectivity index (χ3n) is 5.18. The summed E-state index contributed by atoms with van der Waals surface area (Å²) in [6.07, 6.45) is 5.77. The average molecular weight is 313 g/mol. The van der Waals surface area contributed by atoms with Crippen molar-refractivity contribution in [1.82, 2.24) is 0 Å². The number of rotatable bonds is 4. The summed E-state index contributed by atoms with van der Waals surface area (Å²) in [5, 5.41) is 12.4. The largest absolute Gasteiger partial charge is 0.481 e. The molecule has 0 saturated heterocycles. The van der Waals surface area contributed by atoms with E-state index in [1.807, 2.05) is 36.4 Å². The van der Waals surface area contributed by atoms with Crippen molar-refractivity contribution in [3.05, 3.63) is 42.0 Å². The second-order valence-electron chi connectivity index (χ2n) is 6.95. The Morgan fingerprint density at radius 3 is 2.09 bits per heavy atom. The predicted molar refractivity (Wildman–Crippen MR) is 89.1 cm³/mol. The molecular formula is C19H23NO3. The summed E-state index contributed by atoms with van der Waals surface area (Å²) in [4.78, 5) is 24.3. The molecule has 4 rings (SSSR count). The van der Waals surface area contributed by atoms with Crippen LogP contribution < -0.4 is 5.32 Å². The molecule has 4 nitrogen and oxygen atoms in total. The maximum atomic E-state index is 12.7. The lowest BCUT2D eigenvalue weighted by molar-refractivity contribution is -0.151. The van der Waals surface area contributed by atoms with Gasteiger partial charge in [-0.25, -0.2) is 0 Å². The van der Waals surface area contributed by atoms with Gasteiger partial charge < -0.3 is 10.4 Å². The SMILES string of the molecule is CC(C)c1ccc(NC(=O)[C@@H]2[C@@H](C(=O)O)[C@@H]3C=C[C@@H]2CC3)cc1. The first-order chi connectivity index (χ1) is 11.0. The summed E-state index contributed by atoms with van der Waals surface area (Å²) >= 11 is 0. The summed E-state index contributed by atoms with van der Waals surface area (Å²) in [7, 11) is 0. The van der Waals surface area contributed by atoms with E-state index in [2.05, 4.69) is 19.2 Å². The highest BCUT2D eigenvalue weighted by Crippen LogP contribution is 2.45. The topological polar surface area (TPSA) is 66.4 Å². The number of nitrogens with one attached hydrogen (secondary N) is 1. The third-order valence-corrected chi connectivity index (χ3v) is 5.18. The third kappa shape index (κ3) is 3.03. The minimum atomic E-state index is -0.862. The number of benzene rings is 1. The molecule has 1 aromatic carbocycles. The molecule has 0 spiro atoms. The van der Waals surface area contributed by atoms with E-state index in [0.717, 1.165) is 18.5 Å². The number of carbonyl (C=O) groups excluding carboxylic acids is 1. The van der Waals surface area contributed by atoms with Crippen molar-refractivity contribution >= 4 is 17.6 Å². The van der Waals surface area contributed by atoms with Crippen LogP contribution in [0.4, 0.5) is 5.69 Å². The molecule has 3 aliphatic carbocycles. The molecule has 2 bridgehead atoms. The smallest absolute Gasteiger partial charge is 0.307 e. The zero-order valence-electron chi connectivity index (χ0n) is 13.5. The molecule has 1 fully saturated rings. The number of anilines is 1. The van der Waals surface area contributed by atoms with Crippen molar-refractivity contribution in [2.75, 3.05) is 5.32 Å². The van der Waals surface area contributed by atoms with Gasteiger partial charge in [-0.2, -0.15) is 0 Å². The number of carboxylic acids is 1. The van der Waals surface area contributed by atoms with Crippen molar-refractivity contribution in [2.24, 2.45) is 23.7 Å². The highest BCUT2D eigenvalue weighted by atomic mass is 16.4. The second kappa shape index (κ2) is 6.19. The minimum absolute atomic E-state index is 0.0171. The number of aliphatic carboxylic acids is 1. The number of amides is 1. The van der Waals surface area contributed by atoms with Crippen molar-refractivity contribution in [1.29, 1.82) is 0 Å². The summed E-state index contributed by atoms with van der Waals surface area (Å²) in [6, 6.07) is 7.78. The van der Waals surface area contributed by atoms with Gasteiger partial charge in [-0.15, -0.1) is 0 Å². The van der Waals surface area contributed by atoms with E-state index in [4.69, 9.17) is 0 Å². The Hall–Kier alpha value is -2.10. The van der Waals surface area contributed by atoms with E-state index in [1.54, 1.807) is 0 Å². The van der Waals surface area contributed by atoms with Crippen LogP contribution in [0, 0.1) is 23.7 Å². The maximum absolute atomic E-state index is 12.7. The number of fused-ring (bicyclic) bond motifs is 2. The number of hydrogen-bond acceptors (Lipinski definition) is 2. The lowest BCUT2D eigenvalue weighted by Gasteiger charge is -2.41. The highest BCUT2D eigenvalue weighted by Gasteiger charge is 2.48. The first-order valence-electron chi connectivity index (χ1n) is 8.29. The molecule has 0 unspecified atom stereocenters. The van der Waals surface area contributed by atoms with Crippen molar-refractivity contribution in [3.8, 4) is 0 Å². The van der Waals surface area contributed by atoms with Crippen LogP contribution in [0.2, 0.25) is 0 Å². The fourth-order valence-electron chi connectivity index (χ4n) is 3.87. The molecule has 1 amide bonds. The van der Waals surface area contributed by atoms with Gasteiger partial charge in [0.25, 0.3) is 0 Å². The number of carbonyl (C=O) groups is 2. The van der Waals surface area contributed by atoms with E-state index < -0.39 is 17.8 Å². The van der Waals surface area contributed by atoms with Crippen molar-refractivity contribution < 1.29 is 14.7 Å².